The van der Waals surface area contributed by atoms with Crippen molar-refractivity contribution in [1.29, 1.82) is 0 Å². The standard InChI is InChI=1S/C11H9Br2NS/c1-6-3-4-8(12)5-9(6)10-7(2)15-11(13)14-10/h3-5H,1-2H3. The Balaban J connectivity index is 2.62. The molecule has 0 unspecified atom stereocenters. The third-order valence-electron chi connectivity index (χ3n) is 2.23. The summed E-state index contributed by atoms with van der Waals surface area (Å²) in [5.74, 6) is 0. The van der Waals surface area contributed by atoms with E-state index in [1.54, 1.807) is 11.3 Å². The van der Waals surface area contributed by atoms with Gasteiger partial charge in [-0.2, -0.15) is 0 Å². The number of benzene rings is 1. The normalized spacial score (nSPS) is 10.7. The van der Waals surface area contributed by atoms with Crippen molar-refractivity contribution in [2.24, 2.45) is 0 Å². The maximum atomic E-state index is 4.50. The second-order valence-electron chi connectivity index (χ2n) is 3.33. The fourth-order valence-electron chi connectivity index (χ4n) is 1.46. The zero-order chi connectivity index (χ0) is 11.0. The number of hydrogen-bond acceptors (Lipinski definition) is 2. The molecule has 0 fully saturated rings. The van der Waals surface area contributed by atoms with Gasteiger partial charge in [-0.05, 0) is 47.5 Å². The van der Waals surface area contributed by atoms with Crippen LogP contribution in [0.2, 0.25) is 0 Å². The van der Waals surface area contributed by atoms with Crippen molar-refractivity contribution >= 4 is 43.2 Å². The second kappa shape index (κ2) is 4.36. The third kappa shape index (κ3) is 2.32. The van der Waals surface area contributed by atoms with Crippen molar-refractivity contribution in [3.63, 3.8) is 0 Å². The summed E-state index contributed by atoms with van der Waals surface area (Å²) in [6.45, 7) is 4.20. The van der Waals surface area contributed by atoms with Gasteiger partial charge in [0.05, 0.1) is 5.69 Å². The van der Waals surface area contributed by atoms with Crippen LogP contribution < -0.4 is 0 Å². The van der Waals surface area contributed by atoms with Gasteiger partial charge in [-0.25, -0.2) is 4.98 Å². The van der Waals surface area contributed by atoms with Gasteiger partial charge in [-0.1, -0.05) is 22.0 Å². The number of aromatic nitrogens is 1. The molecule has 0 aliphatic carbocycles. The third-order valence-corrected chi connectivity index (χ3v) is 4.14. The first-order chi connectivity index (χ1) is 7.08. The molecule has 78 valence electrons. The molecule has 0 N–H and O–H groups in total. The average molecular weight is 347 g/mol. The van der Waals surface area contributed by atoms with Gasteiger partial charge in [-0.15, -0.1) is 11.3 Å². The van der Waals surface area contributed by atoms with Gasteiger partial charge < -0.3 is 0 Å². The Morgan fingerprint density at radius 3 is 2.53 bits per heavy atom. The van der Waals surface area contributed by atoms with E-state index in [-0.39, 0.29) is 0 Å². The predicted octanol–water partition coefficient (Wildman–Crippen LogP) is 4.95. The zero-order valence-corrected chi connectivity index (χ0v) is 12.3. The topological polar surface area (TPSA) is 12.9 Å². The largest absolute Gasteiger partial charge is 0.229 e. The first-order valence-corrected chi connectivity index (χ1v) is 6.87. The van der Waals surface area contributed by atoms with Gasteiger partial charge in [0.2, 0.25) is 0 Å². The second-order valence-corrected chi connectivity index (χ2v) is 6.73. The van der Waals surface area contributed by atoms with Gasteiger partial charge >= 0.3 is 0 Å². The molecule has 0 amide bonds. The highest BCUT2D eigenvalue weighted by Gasteiger charge is 2.10. The predicted molar refractivity (Wildman–Crippen MR) is 72.4 cm³/mol. The quantitative estimate of drug-likeness (QED) is 0.711. The number of rotatable bonds is 1. The van der Waals surface area contributed by atoms with E-state index in [1.807, 2.05) is 0 Å². The molecule has 2 rings (SSSR count). The molecule has 1 heterocycles. The summed E-state index contributed by atoms with van der Waals surface area (Å²) in [6.07, 6.45) is 0. The van der Waals surface area contributed by atoms with Crippen molar-refractivity contribution < 1.29 is 0 Å². The molecule has 0 atom stereocenters. The number of halogens is 2. The lowest BCUT2D eigenvalue weighted by Crippen LogP contribution is -1.85. The molecule has 0 saturated heterocycles. The van der Waals surface area contributed by atoms with Crippen LogP contribution in [0.4, 0.5) is 0 Å². The SMILES string of the molecule is Cc1ccc(Br)cc1-c1nc(Br)sc1C. The molecule has 0 spiro atoms. The molecule has 4 heteroatoms. The fraction of sp³-hybridized carbons (Fsp3) is 0.182. The molecule has 1 aromatic carbocycles. The Labute approximate surface area is 110 Å². The Morgan fingerprint density at radius 2 is 1.93 bits per heavy atom. The molecule has 0 saturated carbocycles. The highest BCUT2D eigenvalue weighted by atomic mass is 79.9. The van der Waals surface area contributed by atoms with E-state index < -0.39 is 0 Å². The van der Waals surface area contributed by atoms with Crippen LogP contribution in [0.25, 0.3) is 11.3 Å². The molecule has 0 aliphatic heterocycles. The Morgan fingerprint density at radius 1 is 1.20 bits per heavy atom. The summed E-state index contributed by atoms with van der Waals surface area (Å²) in [7, 11) is 0. The van der Waals surface area contributed by atoms with Gasteiger partial charge in [0, 0.05) is 14.9 Å². The lowest BCUT2D eigenvalue weighted by atomic mass is 10.1. The summed E-state index contributed by atoms with van der Waals surface area (Å²) in [5, 5.41) is 0. The van der Waals surface area contributed by atoms with Gasteiger partial charge in [-0.3, -0.25) is 0 Å². The Kier molecular flexibility index (Phi) is 3.28. The van der Waals surface area contributed by atoms with Crippen molar-refractivity contribution in [3.05, 3.63) is 37.0 Å². The summed E-state index contributed by atoms with van der Waals surface area (Å²) in [6, 6.07) is 6.27. The van der Waals surface area contributed by atoms with Crippen LogP contribution in [0.3, 0.4) is 0 Å². The molecule has 0 radical (unpaired) electrons. The maximum Gasteiger partial charge on any atom is 0.160 e. The van der Waals surface area contributed by atoms with Gasteiger partial charge in [0.1, 0.15) is 0 Å². The monoisotopic (exact) mass is 345 g/mol. The number of aryl methyl sites for hydroxylation is 2. The van der Waals surface area contributed by atoms with E-state index in [0.717, 1.165) is 14.1 Å². The van der Waals surface area contributed by atoms with Crippen molar-refractivity contribution in [3.8, 4) is 11.3 Å². The Hall–Kier alpha value is -0.190. The van der Waals surface area contributed by atoms with Crippen LogP contribution in [0.5, 0.6) is 0 Å². The fourth-order valence-corrected chi connectivity index (χ4v) is 3.37. The van der Waals surface area contributed by atoms with Crippen LogP contribution in [-0.4, -0.2) is 4.98 Å². The van der Waals surface area contributed by atoms with Crippen molar-refractivity contribution in [2.75, 3.05) is 0 Å². The molecule has 15 heavy (non-hydrogen) atoms. The average Bonchev–Trinajstić information content (AvgIpc) is 2.50. The molecule has 1 nitrogen and oxygen atoms in total. The van der Waals surface area contributed by atoms with Gasteiger partial charge in [0.15, 0.2) is 3.92 Å². The summed E-state index contributed by atoms with van der Waals surface area (Å²) >= 11 is 8.58. The minimum atomic E-state index is 0.939. The molecule has 0 bridgehead atoms. The first-order valence-electron chi connectivity index (χ1n) is 4.47. The van der Waals surface area contributed by atoms with Crippen molar-refractivity contribution in [1.82, 2.24) is 4.98 Å². The molecular weight excluding hydrogens is 338 g/mol. The van der Waals surface area contributed by atoms with E-state index in [0.29, 0.717) is 0 Å². The molecule has 0 aliphatic rings. The zero-order valence-electron chi connectivity index (χ0n) is 8.34. The summed E-state index contributed by atoms with van der Waals surface area (Å²) in [5.41, 5.74) is 3.52. The minimum Gasteiger partial charge on any atom is -0.229 e. The van der Waals surface area contributed by atoms with Crippen LogP contribution >= 0.6 is 43.2 Å². The lowest BCUT2D eigenvalue weighted by molar-refractivity contribution is 1.32. The number of hydrogen-bond donors (Lipinski definition) is 0. The van der Waals surface area contributed by atoms with Crippen LogP contribution in [-0.2, 0) is 0 Å². The van der Waals surface area contributed by atoms with Crippen LogP contribution in [0, 0.1) is 13.8 Å². The van der Waals surface area contributed by atoms with E-state index in [2.05, 4.69) is 68.9 Å². The Bertz CT molecular complexity index is 505. The van der Waals surface area contributed by atoms with Crippen molar-refractivity contribution in [2.45, 2.75) is 13.8 Å². The number of nitrogens with zero attached hydrogens (tertiary/aromatic N) is 1. The smallest absolute Gasteiger partial charge is 0.160 e. The van der Waals surface area contributed by atoms with E-state index in [9.17, 15) is 0 Å². The molecule has 1 aromatic heterocycles. The van der Waals surface area contributed by atoms with Crippen LogP contribution in [0.15, 0.2) is 26.6 Å². The van der Waals surface area contributed by atoms with Crippen LogP contribution in [0.1, 0.15) is 10.4 Å². The highest BCUT2D eigenvalue weighted by Crippen LogP contribution is 2.33. The molecular formula is C11H9Br2NS. The highest BCUT2D eigenvalue weighted by molar-refractivity contribution is 9.11. The minimum absolute atomic E-state index is 0.939. The summed E-state index contributed by atoms with van der Waals surface area (Å²) < 4.78 is 2.03. The van der Waals surface area contributed by atoms with E-state index >= 15 is 0 Å². The van der Waals surface area contributed by atoms with Gasteiger partial charge in [0.25, 0.3) is 0 Å². The van der Waals surface area contributed by atoms with E-state index in [1.165, 1.54) is 16.0 Å². The lowest BCUT2D eigenvalue weighted by Gasteiger charge is -2.04. The first kappa shape index (κ1) is 11.3. The number of thiazole rings is 1. The maximum absolute atomic E-state index is 4.50. The summed E-state index contributed by atoms with van der Waals surface area (Å²) in [4.78, 5) is 5.74. The van der Waals surface area contributed by atoms with E-state index in [4.69, 9.17) is 0 Å². The molecule has 2 aromatic rings.